The van der Waals surface area contributed by atoms with Crippen LogP contribution < -0.4 is 0 Å². The molecule has 2 aliphatic rings. The van der Waals surface area contributed by atoms with Crippen LogP contribution >= 0.6 is 0 Å². The quantitative estimate of drug-likeness (QED) is 0.559. The third kappa shape index (κ3) is 3.60. The molecule has 0 heterocycles. The first-order chi connectivity index (χ1) is 10.5. The Morgan fingerprint density at radius 2 is 1.91 bits per heavy atom. The Bertz CT molecular complexity index is 648. The molecule has 0 spiro atoms. The Morgan fingerprint density at radius 1 is 1.09 bits per heavy atom. The molecule has 116 valence electrons. The molecule has 0 bridgehead atoms. The van der Waals surface area contributed by atoms with Crippen LogP contribution in [-0.2, 0) is 15.6 Å². The predicted octanol–water partition coefficient (Wildman–Crippen LogP) is 4.71. The van der Waals surface area contributed by atoms with E-state index in [-0.39, 0.29) is 0 Å². The highest BCUT2D eigenvalue weighted by Gasteiger charge is 2.20. The molecule has 0 aliphatic heterocycles. The summed E-state index contributed by atoms with van der Waals surface area (Å²) in [7, 11) is -1.45. The Balaban J connectivity index is 1.64. The first-order valence-corrected chi connectivity index (χ1v) is 11.4. The topological polar surface area (TPSA) is 18.5 Å². The van der Waals surface area contributed by atoms with Gasteiger partial charge in [0.1, 0.15) is 12.4 Å². The van der Waals surface area contributed by atoms with Gasteiger partial charge in [-0.25, -0.2) is 0 Å². The summed E-state index contributed by atoms with van der Waals surface area (Å²) in [6.45, 7) is 7.92. The summed E-state index contributed by atoms with van der Waals surface area (Å²) < 4.78 is 11.8. The van der Waals surface area contributed by atoms with Gasteiger partial charge in [-0.1, -0.05) is 36.4 Å². The maximum absolute atomic E-state index is 5.97. The summed E-state index contributed by atoms with van der Waals surface area (Å²) in [6, 6.07) is 8.62. The van der Waals surface area contributed by atoms with Gasteiger partial charge in [-0.3, -0.25) is 0 Å². The van der Waals surface area contributed by atoms with Crippen LogP contribution in [0.15, 0.2) is 53.3 Å². The molecule has 0 saturated carbocycles. The van der Waals surface area contributed by atoms with E-state index in [1.165, 1.54) is 22.3 Å². The first-order valence-electron chi connectivity index (χ1n) is 7.98. The van der Waals surface area contributed by atoms with Gasteiger partial charge in [0, 0.05) is 5.57 Å². The monoisotopic (exact) mass is 312 g/mol. The average Bonchev–Trinajstić information content (AvgIpc) is 3.08. The normalized spacial score (nSPS) is 17.0. The molecule has 22 heavy (non-hydrogen) atoms. The van der Waals surface area contributed by atoms with Crippen molar-refractivity contribution in [3.05, 3.63) is 64.4 Å². The Kier molecular flexibility index (Phi) is 4.36. The van der Waals surface area contributed by atoms with Gasteiger partial charge in [-0.2, -0.15) is 0 Å². The standard InChI is InChI=1S/C19H24O2Si/c1-22(2,3)21-12-11-20-19-10-6-9-18(19)17-13-15-7-4-5-8-16(15)14-17/h4-8,10,13H,9,11-12,14H2,1-3H3. The van der Waals surface area contributed by atoms with Crippen molar-refractivity contribution in [2.45, 2.75) is 32.5 Å². The van der Waals surface area contributed by atoms with Crippen molar-refractivity contribution in [2.24, 2.45) is 0 Å². The van der Waals surface area contributed by atoms with Crippen molar-refractivity contribution in [1.82, 2.24) is 0 Å². The SMILES string of the molecule is C[Si](C)(C)OCCOC1=C(C2=Cc3ccccc3C2)CC=C1. The van der Waals surface area contributed by atoms with Crippen LogP contribution in [-0.4, -0.2) is 21.5 Å². The lowest BCUT2D eigenvalue weighted by Gasteiger charge is -2.17. The zero-order valence-electron chi connectivity index (χ0n) is 13.7. The molecule has 0 saturated heterocycles. The van der Waals surface area contributed by atoms with Crippen molar-refractivity contribution in [2.75, 3.05) is 13.2 Å². The van der Waals surface area contributed by atoms with Gasteiger partial charge in [-0.05, 0) is 55.3 Å². The van der Waals surface area contributed by atoms with Gasteiger partial charge in [0.25, 0.3) is 0 Å². The maximum atomic E-state index is 5.97. The minimum absolute atomic E-state index is 0.633. The molecule has 0 atom stereocenters. The average molecular weight is 312 g/mol. The van der Waals surface area contributed by atoms with Crippen molar-refractivity contribution in [1.29, 1.82) is 0 Å². The van der Waals surface area contributed by atoms with E-state index in [2.05, 4.69) is 62.1 Å². The summed E-state index contributed by atoms with van der Waals surface area (Å²) in [4.78, 5) is 0. The van der Waals surface area contributed by atoms with Gasteiger partial charge in [0.05, 0.1) is 6.61 Å². The Morgan fingerprint density at radius 3 is 2.68 bits per heavy atom. The fourth-order valence-electron chi connectivity index (χ4n) is 2.88. The van der Waals surface area contributed by atoms with Crippen molar-refractivity contribution in [3.63, 3.8) is 0 Å². The van der Waals surface area contributed by atoms with E-state index >= 15 is 0 Å². The molecule has 0 N–H and O–H groups in total. The van der Waals surface area contributed by atoms with Gasteiger partial charge in [0.15, 0.2) is 8.32 Å². The lowest BCUT2D eigenvalue weighted by atomic mass is 10.0. The second kappa shape index (κ2) is 6.27. The van der Waals surface area contributed by atoms with Gasteiger partial charge < -0.3 is 9.16 Å². The summed E-state index contributed by atoms with van der Waals surface area (Å²) in [5.74, 6) is 1.03. The molecule has 0 unspecified atom stereocenters. The molecule has 3 heteroatoms. The van der Waals surface area contributed by atoms with E-state index in [1.54, 1.807) is 0 Å². The molecule has 2 aliphatic carbocycles. The highest BCUT2D eigenvalue weighted by atomic mass is 28.4. The van der Waals surface area contributed by atoms with Crippen LogP contribution in [0.1, 0.15) is 17.5 Å². The van der Waals surface area contributed by atoms with E-state index in [4.69, 9.17) is 9.16 Å². The molecule has 2 nitrogen and oxygen atoms in total. The molecule has 3 rings (SSSR count). The summed E-state index contributed by atoms with van der Waals surface area (Å²) in [6.07, 6.45) is 8.59. The number of hydrogen-bond donors (Lipinski definition) is 0. The third-order valence-corrected chi connectivity index (χ3v) is 4.99. The van der Waals surface area contributed by atoms with Crippen LogP contribution in [0.2, 0.25) is 19.6 Å². The molecule has 1 aromatic rings. The molecule has 0 amide bonds. The van der Waals surface area contributed by atoms with Gasteiger partial charge in [-0.15, -0.1) is 0 Å². The maximum Gasteiger partial charge on any atom is 0.183 e. The zero-order valence-corrected chi connectivity index (χ0v) is 14.7. The van der Waals surface area contributed by atoms with Crippen LogP contribution in [0, 0.1) is 0 Å². The predicted molar refractivity (Wildman–Crippen MR) is 94.2 cm³/mol. The highest BCUT2D eigenvalue weighted by Crippen LogP contribution is 2.35. The van der Waals surface area contributed by atoms with Crippen LogP contribution in [0.5, 0.6) is 0 Å². The minimum atomic E-state index is -1.45. The Labute approximate surface area is 134 Å². The minimum Gasteiger partial charge on any atom is -0.491 e. The molecule has 0 fully saturated rings. The fraction of sp³-hybridized carbons (Fsp3) is 0.368. The van der Waals surface area contributed by atoms with Crippen molar-refractivity contribution < 1.29 is 9.16 Å². The molecular weight excluding hydrogens is 288 g/mol. The van der Waals surface area contributed by atoms with Gasteiger partial charge >= 0.3 is 0 Å². The van der Waals surface area contributed by atoms with Crippen molar-refractivity contribution in [3.8, 4) is 0 Å². The van der Waals surface area contributed by atoms with E-state index in [0.29, 0.717) is 13.2 Å². The lowest BCUT2D eigenvalue weighted by molar-refractivity contribution is 0.159. The number of hydrogen-bond acceptors (Lipinski definition) is 2. The van der Waals surface area contributed by atoms with E-state index in [0.717, 1.165) is 18.6 Å². The highest BCUT2D eigenvalue weighted by molar-refractivity contribution is 6.69. The van der Waals surface area contributed by atoms with Crippen molar-refractivity contribution >= 4 is 14.4 Å². The molecule has 0 radical (unpaired) electrons. The molecule has 0 aromatic heterocycles. The van der Waals surface area contributed by atoms with Crippen LogP contribution in [0.3, 0.4) is 0 Å². The van der Waals surface area contributed by atoms with E-state index in [1.807, 2.05) is 0 Å². The lowest BCUT2D eigenvalue weighted by Crippen LogP contribution is -2.27. The third-order valence-electron chi connectivity index (χ3n) is 3.92. The number of rotatable bonds is 6. The van der Waals surface area contributed by atoms with Gasteiger partial charge in [0.2, 0.25) is 0 Å². The smallest absolute Gasteiger partial charge is 0.183 e. The number of allylic oxidation sites excluding steroid dienone is 4. The second-order valence-corrected chi connectivity index (χ2v) is 11.3. The first kappa shape index (κ1) is 15.3. The molecular formula is C19H24O2Si. The second-order valence-electron chi connectivity index (χ2n) is 6.80. The van der Waals surface area contributed by atoms with E-state index in [9.17, 15) is 0 Å². The largest absolute Gasteiger partial charge is 0.491 e. The fourth-order valence-corrected chi connectivity index (χ4v) is 3.58. The summed E-state index contributed by atoms with van der Waals surface area (Å²) >= 11 is 0. The van der Waals surface area contributed by atoms with Crippen LogP contribution in [0.25, 0.3) is 6.08 Å². The van der Waals surface area contributed by atoms with E-state index < -0.39 is 8.32 Å². The summed E-state index contributed by atoms with van der Waals surface area (Å²) in [5.41, 5.74) is 5.49. The summed E-state index contributed by atoms with van der Waals surface area (Å²) in [5, 5.41) is 0. The number of fused-ring (bicyclic) bond motifs is 1. The number of benzene rings is 1. The molecule has 1 aromatic carbocycles. The zero-order chi connectivity index (χ0) is 15.6. The number of ether oxygens (including phenoxy) is 1. The Hall–Kier alpha value is -1.58. The van der Waals surface area contributed by atoms with Crippen LogP contribution in [0.4, 0.5) is 0 Å².